The summed E-state index contributed by atoms with van der Waals surface area (Å²) in [5, 5.41) is 3.08. The number of para-hydroxylation sites is 1. The molecule has 1 amide bonds. The number of carbonyl (C=O) groups is 1. The summed E-state index contributed by atoms with van der Waals surface area (Å²) in [5.74, 6) is 0.321. The fraction of sp³-hybridized carbons (Fsp3) is 0.562. The van der Waals surface area contributed by atoms with E-state index in [1.807, 2.05) is 18.2 Å². The molecule has 0 aliphatic heterocycles. The third-order valence-electron chi connectivity index (χ3n) is 3.43. The maximum atomic E-state index is 12.2. The van der Waals surface area contributed by atoms with Crippen molar-refractivity contribution < 1.29 is 4.79 Å². The molecule has 0 saturated carbocycles. The Morgan fingerprint density at radius 3 is 2.56 bits per heavy atom. The van der Waals surface area contributed by atoms with Gasteiger partial charge in [-0.25, -0.2) is 0 Å². The third kappa shape index (κ3) is 4.17. The van der Waals surface area contributed by atoms with Crippen LogP contribution in [0.15, 0.2) is 24.3 Å². The second-order valence-corrected chi connectivity index (χ2v) is 4.75. The first kappa shape index (κ1) is 14.7. The highest BCUT2D eigenvalue weighted by Gasteiger charge is 2.16. The predicted molar refractivity (Wildman–Crippen MR) is 77.8 cm³/mol. The molecule has 0 fully saturated rings. The van der Waals surface area contributed by atoms with Crippen LogP contribution in [0.5, 0.6) is 0 Å². The van der Waals surface area contributed by atoms with Crippen molar-refractivity contribution in [1.82, 2.24) is 0 Å². The molecule has 18 heavy (non-hydrogen) atoms. The van der Waals surface area contributed by atoms with Crippen LogP contribution < -0.4 is 5.32 Å². The fourth-order valence-electron chi connectivity index (χ4n) is 2.16. The van der Waals surface area contributed by atoms with Crippen molar-refractivity contribution in [2.75, 3.05) is 5.32 Å². The molecule has 0 heterocycles. The summed E-state index contributed by atoms with van der Waals surface area (Å²) in [5.41, 5.74) is 2.18. The summed E-state index contributed by atoms with van der Waals surface area (Å²) in [6, 6.07) is 8.05. The van der Waals surface area contributed by atoms with Crippen LogP contribution in [0.2, 0.25) is 0 Å². The molecular formula is C16H25NO. The number of carbonyl (C=O) groups excluding carboxylic acids is 1. The summed E-state index contributed by atoms with van der Waals surface area (Å²) < 4.78 is 0. The first-order chi connectivity index (χ1) is 8.72. The van der Waals surface area contributed by atoms with Crippen molar-refractivity contribution in [3.63, 3.8) is 0 Å². The Kier molecular flexibility index (Phi) is 6.48. The Hall–Kier alpha value is -1.31. The molecule has 1 aromatic carbocycles. The van der Waals surface area contributed by atoms with Gasteiger partial charge in [0.25, 0.3) is 0 Å². The standard InChI is InChI=1S/C16H25NO/c1-4-7-10-14(6-3)16(18)17-15-12-9-8-11-13(15)5-2/h8-9,11-12,14H,4-7,10H2,1-3H3,(H,17,18). The number of amides is 1. The van der Waals surface area contributed by atoms with Gasteiger partial charge in [-0.1, -0.05) is 51.8 Å². The maximum Gasteiger partial charge on any atom is 0.227 e. The molecule has 1 aromatic rings. The quantitative estimate of drug-likeness (QED) is 0.760. The molecule has 0 aliphatic rings. The molecule has 0 spiro atoms. The maximum absolute atomic E-state index is 12.2. The molecule has 100 valence electrons. The molecule has 0 aromatic heterocycles. The van der Waals surface area contributed by atoms with Gasteiger partial charge in [0.15, 0.2) is 0 Å². The lowest BCUT2D eigenvalue weighted by Gasteiger charge is -2.16. The molecule has 0 bridgehead atoms. The van der Waals surface area contributed by atoms with E-state index in [2.05, 4.69) is 32.2 Å². The van der Waals surface area contributed by atoms with Gasteiger partial charge >= 0.3 is 0 Å². The van der Waals surface area contributed by atoms with Crippen LogP contribution in [-0.2, 0) is 11.2 Å². The van der Waals surface area contributed by atoms with Crippen molar-refractivity contribution in [2.24, 2.45) is 5.92 Å². The summed E-state index contributed by atoms with van der Waals surface area (Å²) in [6.07, 6.45) is 5.13. The van der Waals surface area contributed by atoms with E-state index in [1.165, 1.54) is 5.56 Å². The van der Waals surface area contributed by atoms with E-state index in [-0.39, 0.29) is 11.8 Å². The number of rotatable bonds is 7. The number of hydrogen-bond acceptors (Lipinski definition) is 1. The number of benzene rings is 1. The molecule has 1 rings (SSSR count). The van der Waals surface area contributed by atoms with Crippen molar-refractivity contribution in [3.05, 3.63) is 29.8 Å². The minimum atomic E-state index is 0.148. The van der Waals surface area contributed by atoms with Gasteiger partial charge in [0.05, 0.1) is 0 Å². The number of anilines is 1. The minimum Gasteiger partial charge on any atom is -0.326 e. The van der Waals surface area contributed by atoms with E-state index < -0.39 is 0 Å². The second-order valence-electron chi connectivity index (χ2n) is 4.75. The molecule has 1 atom stereocenters. The van der Waals surface area contributed by atoms with Gasteiger partial charge in [0.1, 0.15) is 0 Å². The van der Waals surface area contributed by atoms with Crippen molar-refractivity contribution in [2.45, 2.75) is 52.9 Å². The molecule has 1 N–H and O–H groups in total. The molecule has 0 radical (unpaired) electrons. The van der Waals surface area contributed by atoms with Crippen LogP contribution in [0.1, 0.15) is 52.0 Å². The van der Waals surface area contributed by atoms with Crippen molar-refractivity contribution in [1.29, 1.82) is 0 Å². The van der Waals surface area contributed by atoms with Gasteiger partial charge in [-0.05, 0) is 30.9 Å². The molecule has 0 saturated heterocycles. The Labute approximate surface area is 111 Å². The number of nitrogens with one attached hydrogen (secondary N) is 1. The van der Waals surface area contributed by atoms with Gasteiger partial charge in [-0.15, -0.1) is 0 Å². The van der Waals surface area contributed by atoms with Crippen LogP contribution in [0.4, 0.5) is 5.69 Å². The average Bonchev–Trinajstić information content (AvgIpc) is 2.40. The Morgan fingerprint density at radius 2 is 1.94 bits per heavy atom. The lowest BCUT2D eigenvalue weighted by atomic mass is 9.98. The van der Waals surface area contributed by atoms with Crippen molar-refractivity contribution in [3.8, 4) is 0 Å². The topological polar surface area (TPSA) is 29.1 Å². The van der Waals surface area contributed by atoms with E-state index in [0.717, 1.165) is 37.8 Å². The predicted octanol–water partition coefficient (Wildman–Crippen LogP) is 4.40. The average molecular weight is 247 g/mol. The van der Waals surface area contributed by atoms with E-state index >= 15 is 0 Å². The van der Waals surface area contributed by atoms with E-state index in [9.17, 15) is 4.79 Å². The van der Waals surface area contributed by atoms with E-state index in [0.29, 0.717) is 0 Å². The van der Waals surface area contributed by atoms with Gasteiger partial charge < -0.3 is 5.32 Å². The Morgan fingerprint density at radius 1 is 1.22 bits per heavy atom. The highest BCUT2D eigenvalue weighted by molar-refractivity contribution is 5.93. The van der Waals surface area contributed by atoms with Crippen LogP contribution in [0, 0.1) is 5.92 Å². The fourth-order valence-corrected chi connectivity index (χ4v) is 2.16. The molecule has 2 heteroatoms. The molecule has 2 nitrogen and oxygen atoms in total. The zero-order valence-corrected chi connectivity index (χ0v) is 11.8. The monoisotopic (exact) mass is 247 g/mol. The summed E-state index contributed by atoms with van der Waals surface area (Å²) in [4.78, 5) is 12.2. The number of aryl methyl sites for hydroxylation is 1. The van der Waals surface area contributed by atoms with Gasteiger partial charge in [-0.3, -0.25) is 4.79 Å². The molecule has 0 aliphatic carbocycles. The van der Waals surface area contributed by atoms with E-state index in [1.54, 1.807) is 0 Å². The zero-order chi connectivity index (χ0) is 13.4. The summed E-state index contributed by atoms with van der Waals surface area (Å²) >= 11 is 0. The number of unbranched alkanes of at least 4 members (excludes halogenated alkanes) is 1. The third-order valence-corrected chi connectivity index (χ3v) is 3.43. The smallest absolute Gasteiger partial charge is 0.227 e. The van der Waals surface area contributed by atoms with Gasteiger partial charge in [-0.2, -0.15) is 0 Å². The molecular weight excluding hydrogens is 222 g/mol. The summed E-state index contributed by atoms with van der Waals surface area (Å²) in [7, 11) is 0. The first-order valence-corrected chi connectivity index (χ1v) is 7.11. The zero-order valence-electron chi connectivity index (χ0n) is 11.8. The number of hydrogen-bond donors (Lipinski definition) is 1. The van der Waals surface area contributed by atoms with Crippen LogP contribution in [-0.4, -0.2) is 5.91 Å². The highest BCUT2D eigenvalue weighted by Crippen LogP contribution is 2.19. The SMILES string of the molecule is CCCCC(CC)C(=O)Nc1ccccc1CC. The van der Waals surface area contributed by atoms with Crippen molar-refractivity contribution >= 4 is 11.6 Å². The van der Waals surface area contributed by atoms with E-state index in [4.69, 9.17) is 0 Å². The van der Waals surface area contributed by atoms with Gasteiger partial charge in [0.2, 0.25) is 5.91 Å². The lowest BCUT2D eigenvalue weighted by Crippen LogP contribution is -2.22. The Bertz CT molecular complexity index is 373. The van der Waals surface area contributed by atoms with Gasteiger partial charge in [0, 0.05) is 11.6 Å². The normalized spacial score (nSPS) is 12.2. The lowest BCUT2D eigenvalue weighted by molar-refractivity contribution is -0.120. The largest absolute Gasteiger partial charge is 0.326 e. The van der Waals surface area contributed by atoms with Crippen LogP contribution >= 0.6 is 0 Å². The Balaban J connectivity index is 2.67. The molecule has 1 unspecified atom stereocenters. The first-order valence-electron chi connectivity index (χ1n) is 7.11. The summed E-state index contributed by atoms with van der Waals surface area (Å²) in [6.45, 7) is 6.36. The van der Waals surface area contributed by atoms with Crippen LogP contribution in [0.25, 0.3) is 0 Å². The minimum absolute atomic E-state index is 0.148. The second kappa shape index (κ2) is 7.91. The highest BCUT2D eigenvalue weighted by atomic mass is 16.1. The van der Waals surface area contributed by atoms with Crippen LogP contribution in [0.3, 0.4) is 0 Å².